The highest BCUT2D eigenvalue weighted by molar-refractivity contribution is 8.07. The van der Waals surface area contributed by atoms with Gasteiger partial charge in [-0.15, -0.1) is 0 Å². The number of thioether (sulfide) groups is 2. The van der Waals surface area contributed by atoms with E-state index in [1.807, 2.05) is 23.5 Å². The van der Waals surface area contributed by atoms with Gasteiger partial charge >= 0.3 is 0 Å². The Hall–Kier alpha value is 0.660. The van der Waals surface area contributed by atoms with Gasteiger partial charge in [-0.1, -0.05) is 27.2 Å². The maximum absolute atomic E-state index is 10.1. The lowest BCUT2D eigenvalue weighted by molar-refractivity contribution is 0.141. The molecule has 0 aliphatic carbocycles. The number of hydrogen-bond donors (Lipinski definition) is 1. The summed E-state index contributed by atoms with van der Waals surface area (Å²) in [5, 5.41) is 11.2. The van der Waals surface area contributed by atoms with Crippen molar-refractivity contribution in [3.63, 3.8) is 0 Å². The van der Waals surface area contributed by atoms with Gasteiger partial charge in [0, 0.05) is 22.0 Å². The Morgan fingerprint density at radius 3 is 2.57 bits per heavy atom. The zero-order valence-electron chi connectivity index (χ0n) is 9.40. The molecule has 1 saturated heterocycles. The predicted octanol–water partition coefficient (Wildman–Crippen LogP) is 3.02. The van der Waals surface area contributed by atoms with Crippen molar-refractivity contribution >= 4 is 23.5 Å². The van der Waals surface area contributed by atoms with Gasteiger partial charge < -0.3 is 5.11 Å². The second-order valence-corrected chi connectivity index (χ2v) is 7.00. The quantitative estimate of drug-likeness (QED) is 0.807. The summed E-state index contributed by atoms with van der Waals surface area (Å²) in [5.74, 6) is 3.11. The number of rotatable bonds is 4. The minimum atomic E-state index is -0.0993. The Bertz CT molecular complexity index is 163. The highest BCUT2D eigenvalue weighted by atomic mass is 32.2. The van der Waals surface area contributed by atoms with E-state index in [0.29, 0.717) is 16.4 Å². The highest BCUT2D eigenvalue weighted by Crippen LogP contribution is 2.34. The molecule has 0 aromatic rings. The SMILES string of the molecule is CCC(C)CC(O)C1SCCSC1C. The van der Waals surface area contributed by atoms with Gasteiger partial charge in [-0.05, 0) is 12.3 Å². The van der Waals surface area contributed by atoms with E-state index in [2.05, 4.69) is 20.8 Å². The summed E-state index contributed by atoms with van der Waals surface area (Å²) in [4.78, 5) is 0. The molecule has 0 aromatic carbocycles. The van der Waals surface area contributed by atoms with Gasteiger partial charge in [-0.2, -0.15) is 23.5 Å². The molecule has 4 atom stereocenters. The van der Waals surface area contributed by atoms with Gasteiger partial charge in [0.25, 0.3) is 0 Å². The molecule has 3 heteroatoms. The molecule has 0 aromatic heterocycles. The summed E-state index contributed by atoms with van der Waals surface area (Å²) >= 11 is 3.97. The van der Waals surface area contributed by atoms with E-state index in [1.165, 1.54) is 17.9 Å². The lowest BCUT2D eigenvalue weighted by atomic mass is 9.98. The fourth-order valence-corrected chi connectivity index (χ4v) is 4.65. The van der Waals surface area contributed by atoms with Crippen LogP contribution in [0.25, 0.3) is 0 Å². The Balaban J connectivity index is 2.37. The van der Waals surface area contributed by atoms with Crippen molar-refractivity contribution in [3.05, 3.63) is 0 Å². The van der Waals surface area contributed by atoms with Gasteiger partial charge in [-0.3, -0.25) is 0 Å². The van der Waals surface area contributed by atoms with Gasteiger partial charge in [0.15, 0.2) is 0 Å². The molecular weight excluding hydrogens is 212 g/mol. The average Bonchev–Trinajstić information content (AvgIpc) is 2.18. The molecule has 1 fully saturated rings. The second kappa shape index (κ2) is 6.29. The zero-order chi connectivity index (χ0) is 10.6. The van der Waals surface area contributed by atoms with E-state index in [1.54, 1.807) is 0 Å². The van der Waals surface area contributed by atoms with Crippen molar-refractivity contribution in [1.82, 2.24) is 0 Å². The van der Waals surface area contributed by atoms with Crippen molar-refractivity contribution in [2.75, 3.05) is 11.5 Å². The molecule has 1 aliphatic rings. The first-order valence-electron chi connectivity index (χ1n) is 5.56. The van der Waals surface area contributed by atoms with E-state index in [9.17, 15) is 5.11 Å². The van der Waals surface area contributed by atoms with Crippen LogP contribution in [0.3, 0.4) is 0 Å². The average molecular weight is 234 g/mol. The summed E-state index contributed by atoms with van der Waals surface area (Å²) in [6, 6.07) is 0. The van der Waals surface area contributed by atoms with Crippen LogP contribution in [0.1, 0.15) is 33.6 Å². The number of hydrogen-bond acceptors (Lipinski definition) is 3. The van der Waals surface area contributed by atoms with Crippen molar-refractivity contribution in [1.29, 1.82) is 0 Å². The molecule has 4 unspecified atom stereocenters. The molecule has 0 bridgehead atoms. The Labute approximate surface area is 96.4 Å². The molecule has 1 rings (SSSR count). The minimum Gasteiger partial charge on any atom is -0.392 e. The number of aliphatic hydroxyl groups is 1. The van der Waals surface area contributed by atoms with E-state index >= 15 is 0 Å². The molecule has 14 heavy (non-hydrogen) atoms. The van der Waals surface area contributed by atoms with Crippen LogP contribution in [0.15, 0.2) is 0 Å². The van der Waals surface area contributed by atoms with Crippen LogP contribution in [0.5, 0.6) is 0 Å². The predicted molar refractivity (Wildman–Crippen MR) is 68.2 cm³/mol. The van der Waals surface area contributed by atoms with E-state index in [-0.39, 0.29) is 6.10 Å². The van der Waals surface area contributed by atoms with Crippen molar-refractivity contribution < 1.29 is 5.11 Å². The van der Waals surface area contributed by atoms with E-state index < -0.39 is 0 Å². The largest absolute Gasteiger partial charge is 0.392 e. The lowest BCUT2D eigenvalue weighted by Gasteiger charge is -2.32. The monoisotopic (exact) mass is 234 g/mol. The van der Waals surface area contributed by atoms with Crippen LogP contribution in [-0.4, -0.2) is 33.2 Å². The third-order valence-corrected chi connectivity index (χ3v) is 6.19. The fraction of sp³-hybridized carbons (Fsp3) is 1.00. The van der Waals surface area contributed by atoms with Crippen LogP contribution in [0, 0.1) is 5.92 Å². The molecule has 0 spiro atoms. The summed E-state index contributed by atoms with van der Waals surface area (Å²) < 4.78 is 0. The molecule has 1 heterocycles. The second-order valence-electron chi connectivity index (χ2n) is 4.23. The first kappa shape index (κ1) is 12.7. The van der Waals surface area contributed by atoms with Crippen LogP contribution in [-0.2, 0) is 0 Å². The summed E-state index contributed by atoms with van der Waals surface area (Å²) in [6.45, 7) is 6.68. The Kier molecular flexibility index (Phi) is 5.72. The van der Waals surface area contributed by atoms with Gasteiger partial charge in [0.1, 0.15) is 0 Å². The molecule has 0 amide bonds. The lowest BCUT2D eigenvalue weighted by Crippen LogP contribution is -2.35. The molecule has 1 N–H and O–H groups in total. The molecule has 0 saturated carbocycles. The van der Waals surface area contributed by atoms with Gasteiger partial charge in [0.2, 0.25) is 0 Å². The summed E-state index contributed by atoms with van der Waals surface area (Å²) in [7, 11) is 0. The summed E-state index contributed by atoms with van der Waals surface area (Å²) in [5.41, 5.74) is 0. The Morgan fingerprint density at radius 1 is 1.36 bits per heavy atom. The number of aliphatic hydroxyl groups excluding tert-OH is 1. The van der Waals surface area contributed by atoms with E-state index in [4.69, 9.17) is 0 Å². The highest BCUT2D eigenvalue weighted by Gasteiger charge is 2.29. The minimum absolute atomic E-state index is 0.0993. The zero-order valence-corrected chi connectivity index (χ0v) is 11.0. The first-order chi connectivity index (χ1) is 6.65. The third-order valence-electron chi connectivity index (χ3n) is 2.96. The van der Waals surface area contributed by atoms with Crippen LogP contribution >= 0.6 is 23.5 Å². The van der Waals surface area contributed by atoms with Crippen molar-refractivity contribution in [2.45, 2.75) is 50.2 Å². The molecule has 1 aliphatic heterocycles. The van der Waals surface area contributed by atoms with Gasteiger partial charge in [0.05, 0.1) is 6.10 Å². The van der Waals surface area contributed by atoms with Crippen LogP contribution < -0.4 is 0 Å². The van der Waals surface area contributed by atoms with Gasteiger partial charge in [-0.25, -0.2) is 0 Å². The molecule has 84 valence electrons. The maximum Gasteiger partial charge on any atom is 0.0671 e. The molecule has 1 nitrogen and oxygen atoms in total. The Morgan fingerprint density at radius 2 is 2.00 bits per heavy atom. The maximum atomic E-state index is 10.1. The summed E-state index contributed by atoms with van der Waals surface area (Å²) in [6.07, 6.45) is 2.05. The van der Waals surface area contributed by atoms with Crippen molar-refractivity contribution in [3.8, 4) is 0 Å². The van der Waals surface area contributed by atoms with Crippen molar-refractivity contribution in [2.24, 2.45) is 5.92 Å². The smallest absolute Gasteiger partial charge is 0.0671 e. The molecule has 0 radical (unpaired) electrons. The first-order valence-corrected chi connectivity index (χ1v) is 7.66. The van der Waals surface area contributed by atoms with E-state index in [0.717, 1.165) is 6.42 Å². The topological polar surface area (TPSA) is 20.2 Å². The normalized spacial score (nSPS) is 32.6. The fourth-order valence-electron chi connectivity index (χ4n) is 1.79. The third kappa shape index (κ3) is 3.67. The van der Waals surface area contributed by atoms with Crippen LogP contribution in [0.2, 0.25) is 0 Å². The molecular formula is C11H22OS2. The van der Waals surface area contributed by atoms with Crippen LogP contribution in [0.4, 0.5) is 0 Å². The standard InChI is InChI=1S/C11H22OS2/c1-4-8(2)7-10(12)11-9(3)13-5-6-14-11/h8-12H,4-7H2,1-3H3.